The molecule has 5 fully saturated rings. The third-order valence-corrected chi connectivity index (χ3v) is 8.18. The predicted octanol–water partition coefficient (Wildman–Crippen LogP) is 5.53. The van der Waals surface area contributed by atoms with Gasteiger partial charge in [-0.2, -0.15) is 0 Å². The Morgan fingerprint density at radius 1 is 0.929 bits per heavy atom. The topological polar surface area (TPSA) is 36.9 Å². The molecule has 4 heterocycles. The molecule has 1 aromatic rings. The third-order valence-electron chi connectivity index (χ3n) is 8.18. The van der Waals surface area contributed by atoms with Gasteiger partial charge in [-0.1, -0.05) is 31.5 Å². The zero-order valence-corrected chi connectivity index (χ0v) is 18.1. The predicted molar refractivity (Wildman–Crippen MR) is 106 cm³/mol. The summed E-state index contributed by atoms with van der Waals surface area (Å²) >= 11 is 0. The van der Waals surface area contributed by atoms with Gasteiger partial charge >= 0.3 is 0 Å². The number of benzene rings is 1. The van der Waals surface area contributed by atoms with Crippen LogP contribution in [0.2, 0.25) is 0 Å². The Labute approximate surface area is 168 Å². The van der Waals surface area contributed by atoms with Gasteiger partial charge in [0.1, 0.15) is 0 Å². The molecule has 4 aliphatic heterocycles. The maximum absolute atomic E-state index is 6.82. The molecule has 0 amide bonds. The molecule has 8 atom stereocenters. The van der Waals surface area contributed by atoms with E-state index < -0.39 is 11.4 Å². The Kier molecular flexibility index (Phi) is 4.27. The van der Waals surface area contributed by atoms with Crippen molar-refractivity contribution in [2.24, 2.45) is 23.7 Å². The van der Waals surface area contributed by atoms with Crippen molar-refractivity contribution < 1.29 is 19.2 Å². The molecule has 1 aromatic carbocycles. The van der Waals surface area contributed by atoms with Crippen LogP contribution in [0.3, 0.4) is 0 Å². The molecule has 0 aromatic heterocycles. The first kappa shape index (κ1) is 19.0. The quantitative estimate of drug-likeness (QED) is 0.594. The summed E-state index contributed by atoms with van der Waals surface area (Å²) in [5, 5.41) is 0. The fraction of sp³-hybridized carbons (Fsp3) is 0.750. The Hall–Kier alpha value is -0.940. The molecule has 0 unspecified atom stereocenters. The van der Waals surface area contributed by atoms with Crippen LogP contribution in [-0.2, 0) is 19.2 Å². The van der Waals surface area contributed by atoms with Gasteiger partial charge < -0.3 is 9.47 Å². The highest BCUT2D eigenvalue weighted by Gasteiger charge is 2.69. The SMILES string of the molecule is Cc1cc(C)c([C@H]2O[C@@H]3O[C@]4(C)CC[C@H]5[C@H](C)CC[C@@H]([C@H]2C)[C@@]35OO4)c(C)c1. The van der Waals surface area contributed by atoms with Crippen LogP contribution in [0.15, 0.2) is 12.1 Å². The summed E-state index contributed by atoms with van der Waals surface area (Å²) in [5.74, 6) is 1.03. The van der Waals surface area contributed by atoms with E-state index in [9.17, 15) is 0 Å². The zero-order valence-electron chi connectivity index (χ0n) is 18.1. The molecule has 0 N–H and O–H groups in total. The number of fused-ring (bicyclic) bond motifs is 2. The van der Waals surface area contributed by atoms with Crippen LogP contribution in [0.25, 0.3) is 0 Å². The van der Waals surface area contributed by atoms with Gasteiger partial charge in [-0.15, -0.1) is 0 Å². The number of aryl methyl sites for hydroxylation is 3. The summed E-state index contributed by atoms with van der Waals surface area (Å²) in [6.07, 6.45) is 3.98. The largest absolute Gasteiger partial charge is 0.341 e. The standard InChI is InChI=1S/C24H34O4/c1-13-11-15(3)20(16(4)12-13)21-17(5)19-8-7-14(2)18-9-10-23(6)26-22(25-21)24(18,19)28-27-23/h11-12,14,17-19,21-22H,7-10H2,1-6H3/t14-,17-,18+,19+,21+,22-,23+,24-/m1/s1. The number of ether oxygens (including phenoxy) is 2. The van der Waals surface area contributed by atoms with E-state index in [4.69, 9.17) is 19.2 Å². The highest BCUT2D eigenvalue weighted by molar-refractivity contribution is 5.40. The van der Waals surface area contributed by atoms with Crippen molar-refractivity contribution in [3.8, 4) is 0 Å². The van der Waals surface area contributed by atoms with Crippen molar-refractivity contribution in [2.75, 3.05) is 0 Å². The van der Waals surface area contributed by atoms with E-state index in [-0.39, 0.29) is 12.4 Å². The van der Waals surface area contributed by atoms with Crippen molar-refractivity contribution in [1.29, 1.82) is 0 Å². The van der Waals surface area contributed by atoms with Gasteiger partial charge in [0.2, 0.25) is 5.79 Å². The highest BCUT2D eigenvalue weighted by Crippen LogP contribution is 2.62. The second-order valence-electron chi connectivity index (χ2n) is 10.1. The van der Waals surface area contributed by atoms with E-state index in [1.54, 1.807) is 0 Å². The Morgan fingerprint density at radius 3 is 2.36 bits per heavy atom. The van der Waals surface area contributed by atoms with Crippen LogP contribution >= 0.6 is 0 Å². The Balaban J connectivity index is 1.61. The molecule has 0 radical (unpaired) electrons. The molecule has 4 heteroatoms. The summed E-state index contributed by atoms with van der Waals surface area (Å²) in [4.78, 5) is 12.2. The van der Waals surface area contributed by atoms with E-state index >= 15 is 0 Å². The lowest BCUT2D eigenvalue weighted by Crippen LogP contribution is -2.69. The summed E-state index contributed by atoms with van der Waals surface area (Å²) in [5.41, 5.74) is 4.79. The lowest BCUT2D eigenvalue weighted by Gasteiger charge is -2.60. The first-order chi connectivity index (χ1) is 13.2. The van der Waals surface area contributed by atoms with Gasteiger partial charge in [0.05, 0.1) is 6.10 Å². The van der Waals surface area contributed by atoms with Crippen molar-refractivity contribution >= 4 is 0 Å². The molecular weight excluding hydrogens is 352 g/mol. The Morgan fingerprint density at radius 2 is 1.64 bits per heavy atom. The minimum atomic E-state index is -0.708. The summed E-state index contributed by atoms with van der Waals surface area (Å²) in [6, 6.07) is 4.55. The second-order valence-corrected chi connectivity index (χ2v) is 10.1. The fourth-order valence-corrected chi connectivity index (χ4v) is 6.88. The molecule has 2 bridgehead atoms. The molecule has 4 saturated heterocycles. The average molecular weight is 387 g/mol. The molecule has 1 saturated carbocycles. The van der Waals surface area contributed by atoms with Crippen molar-refractivity contribution in [3.63, 3.8) is 0 Å². The first-order valence-electron chi connectivity index (χ1n) is 11.0. The van der Waals surface area contributed by atoms with Gasteiger partial charge in [0.25, 0.3) is 0 Å². The fourth-order valence-electron chi connectivity index (χ4n) is 6.88. The number of hydrogen-bond donors (Lipinski definition) is 0. The molecule has 1 spiro atoms. The van der Waals surface area contributed by atoms with Crippen LogP contribution in [-0.4, -0.2) is 17.7 Å². The van der Waals surface area contributed by atoms with E-state index in [1.165, 1.54) is 28.7 Å². The third kappa shape index (κ3) is 2.51. The first-order valence-corrected chi connectivity index (χ1v) is 11.0. The summed E-state index contributed by atoms with van der Waals surface area (Å²) < 4.78 is 13.3. The van der Waals surface area contributed by atoms with Crippen molar-refractivity contribution in [3.05, 3.63) is 34.4 Å². The monoisotopic (exact) mass is 386 g/mol. The molecule has 28 heavy (non-hydrogen) atoms. The van der Waals surface area contributed by atoms with Crippen LogP contribution in [0.5, 0.6) is 0 Å². The Bertz CT molecular complexity index is 768. The summed E-state index contributed by atoms with van der Waals surface area (Å²) in [6.45, 7) is 13.3. The van der Waals surface area contributed by atoms with Gasteiger partial charge in [-0.05, 0) is 81.4 Å². The second kappa shape index (κ2) is 6.28. The molecule has 5 aliphatic rings. The van der Waals surface area contributed by atoms with Crippen LogP contribution in [0.1, 0.15) is 74.8 Å². The summed E-state index contributed by atoms with van der Waals surface area (Å²) in [7, 11) is 0. The van der Waals surface area contributed by atoms with Gasteiger partial charge in [0, 0.05) is 12.3 Å². The van der Waals surface area contributed by atoms with Crippen molar-refractivity contribution in [2.45, 2.75) is 91.0 Å². The maximum atomic E-state index is 6.82. The lowest BCUT2D eigenvalue weighted by atomic mass is 9.57. The zero-order chi connectivity index (χ0) is 19.8. The van der Waals surface area contributed by atoms with Crippen molar-refractivity contribution in [1.82, 2.24) is 0 Å². The van der Waals surface area contributed by atoms with Crippen LogP contribution < -0.4 is 0 Å². The van der Waals surface area contributed by atoms with E-state index in [1.807, 2.05) is 6.92 Å². The number of rotatable bonds is 1. The van der Waals surface area contributed by atoms with Crippen LogP contribution in [0, 0.1) is 44.4 Å². The molecule has 4 nitrogen and oxygen atoms in total. The smallest absolute Gasteiger partial charge is 0.201 e. The van der Waals surface area contributed by atoms with Gasteiger partial charge in [0.15, 0.2) is 11.9 Å². The van der Waals surface area contributed by atoms with E-state index in [0.717, 1.165) is 19.3 Å². The maximum Gasteiger partial charge on any atom is 0.201 e. The minimum Gasteiger partial charge on any atom is -0.341 e. The van der Waals surface area contributed by atoms with Gasteiger partial charge in [-0.3, -0.25) is 0 Å². The molecule has 6 rings (SSSR count). The van der Waals surface area contributed by atoms with E-state index in [0.29, 0.717) is 23.7 Å². The lowest BCUT2D eigenvalue weighted by molar-refractivity contribution is -0.571. The highest BCUT2D eigenvalue weighted by atomic mass is 17.3. The van der Waals surface area contributed by atoms with E-state index in [2.05, 4.69) is 46.8 Å². The normalized spacial score (nSPS) is 47.5. The molecule has 1 aliphatic carbocycles. The molecule has 154 valence electrons. The van der Waals surface area contributed by atoms with Crippen LogP contribution in [0.4, 0.5) is 0 Å². The average Bonchev–Trinajstić information content (AvgIpc) is 2.84. The number of hydrogen-bond acceptors (Lipinski definition) is 4. The molecular formula is C24H34O4. The van der Waals surface area contributed by atoms with Gasteiger partial charge in [-0.25, -0.2) is 9.78 Å². The minimum absolute atomic E-state index is 0.0295.